The van der Waals surface area contributed by atoms with E-state index < -0.39 is 0 Å². The van der Waals surface area contributed by atoms with Gasteiger partial charge >= 0.3 is 0 Å². The Morgan fingerprint density at radius 2 is 1.79 bits per heavy atom. The molecule has 7 N–H and O–H groups in total. The molecular formula is C8H20N6. The van der Waals surface area contributed by atoms with E-state index in [1.54, 1.807) is 0 Å². The monoisotopic (exact) mass is 200 g/mol. The molecule has 0 atom stereocenters. The topological polar surface area (TPSA) is 86.2 Å². The van der Waals surface area contributed by atoms with Crippen LogP contribution in [0.1, 0.15) is 0 Å². The van der Waals surface area contributed by atoms with Crippen LogP contribution < -0.4 is 32.3 Å². The van der Waals surface area contributed by atoms with E-state index in [4.69, 9.17) is 5.73 Å². The van der Waals surface area contributed by atoms with Crippen molar-refractivity contribution in [2.75, 3.05) is 39.3 Å². The second kappa shape index (κ2) is 4.52. The molecule has 6 heteroatoms. The molecule has 2 aliphatic heterocycles. The maximum atomic E-state index is 5.51. The Morgan fingerprint density at radius 3 is 2.36 bits per heavy atom. The van der Waals surface area contributed by atoms with Crippen LogP contribution in [-0.4, -0.2) is 51.2 Å². The van der Waals surface area contributed by atoms with Crippen LogP contribution >= 0.6 is 0 Å². The van der Waals surface area contributed by atoms with Gasteiger partial charge in [0, 0.05) is 39.3 Å². The smallest absolute Gasteiger partial charge is 0.153 e. The first kappa shape index (κ1) is 10.3. The molecule has 0 amide bonds. The van der Waals surface area contributed by atoms with Crippen LogP contribution in [0.15, 0.2) is 0 Å². The summed E-state index contributed by atoms with van der Waals surface area (Å²) in [5.41, 5.74) is 5.51. The van der Waals surface area contributed by atoms with E-state index in [9.17, 15) is 0 Å². The van der Waals surface area contributed by atoms with Gasteiger partial charge in [-0.2, -0.15) is 0 Å². The first-order valence-corrected chi connectivity index (χ1v) is 5.29. The van der Waals surface area contributed by atoms with Crippen molar-refractivity contribution in [3.63, 3.8) is 0 Å². The van der Waals surface area contributed by atoms with Gasteiger partial charge in [0.2, 0.25) is 0 Å². The second-order valence-electron chi connectivity index (χ2n) is 3.72. The molecular weight excluding hydrogens is 180 g/mol. The fourth-order valence-corrected chi connectivity index (χ4v) is 2.09. The van der Waals surface area contributed by atoms with Crippen LogP contribution in [0.4, 0.5) is 0 Å². The van der Waals surface area contributed by atoms with Crippen molar-refractivity contribution >= 4 is 0 Å². The lowest BCUT2D eigenvalue weighted by atomic mass is 10.2. The van der Waals surface area contributed by atoms with Crippen molar-refractivity contribution in [3.8, 4) is 0 Å². The minimum Gasteiger partial charge on any atom is -0.329 e. The van der Waals surface area contributed by atoms with Gasteiger partial charge in [-0.3, -0.25) is 26.6 Å². The maximum absolute atomic E-state index is 5.51. The van der Waals surface area contributed by atoms with Gasteiger partial charge in [-0.15, -0.1) is 0 Å². The summed E-state index contributed by atoms with van der Waals surface area (Å²) in [6, 6.07) is 0. The van der Waals surface area contributed by atoms with Gasteiger partial charge in [-0.05, 0) is 0 Å². The van der Waals surface area contributed by atoms with Crippen molar-refractivity contribution in [3.05, 3.63) is 0 Å². The highest BCUT2D eigenvalue weighted by Gasteiger charge is 2.41. The predicted octanol–water partition coefficient (Wildman–Crippen LogP) is -3.10. The third-order valence-electron chi connectivity index (χ3n) is 2.74. The van der Waals surface area contributed by atoms with Crippen LogP contribution in [0, 0.1) is 0 Å². The molecule has 82 valence electrons. The summed E-state index contributed by atoms with van der Waals surface area (Å²) in [7, 11) is 0. The van der Waals surface area contributed by atoms with E-state index >= 15 is 0 Å². The molecule has 2 saturated heterocycles. The summed E-state index contributed by atoms with van der Waals surface area (Å²) in [5.74, 6) is -0.226. The summed E-state index contributed by atoms with van der Waals surface area (Å²) in [4.78, 5) is 0. The molecule has 2 fully saturated rings. The summed E-state index contributed by atoms with van der Waals surface area (Å²) in [6.07, 6.45) is 0.233. The van der Waals surface area contributed by atoms with Gasteiger partial charge in [0.1, 0.15) is 6.17 Å². The fraction of sp³-hybridized carbons (Fsp3) is 1.00. The van der Waals surface area contributed by atoms with Gasteiger partial charge in [0.05, 0.1) is 0 Å². The van der Waals surface area contributed by atoms with Crippen molar-refractivity contribution in [2.45, 2.75) is 12.0 Å². The summed E-state index contributed by atoms with van der Waals surface area (Å²) < 4.78 is 0. The van der Waals surface area contributed by atoms with Crippen LogP contribution in [0.5, 0.6) is 0 Å². The number of nitrogens with two attached hydrogens (primary N) is 1. The van der Waals surface area contributed by atoms with E-state index in [-0.39, 0.29) is 12.0 Å². The lowest BCUT2D eigenvalue weighted by molar-refractivity contribution is 0.182. The third kappa shape index (κ3) is 1.90. The zero-order valence-corrected chi connectivity index (χ0v) is 8.40. The molecule has 0 spiro atoms. The van der Waals surface area contributed by atoms with Crippen LogP contribution in [0.25, 0.3) is 0 Å². The van der Waals surface area contributed by atoms with Gasteiger partial charge in [-0.1, -0.05) is 0 Å². The Bertz CT molecular complexity index is 173. The van der Waals surface area contributed by atoms with E-state index in [2.05, 4.69) is 26.6 Å². The molecule has 0 bridgehead atoms. The third-order valence-corrected chi connectivity index (χ3v) is 2.74. The van der Waals surface area contributed by atoms with Gasteiger partial charge in [-0.25, -0.2) is 0 Å². The average Bonchev–Trinajstić information content (AvgIpc) is 2.86. The van der Waals surface area contributed by atoms with E-state index in [0.717, 1.165) is 32.7 Å². The van der Waals surface area contributed by atoms with E-state index in [0.29, 0.717) is 6.54 Å². The zero-order chi connectivity index (χ0) is 9.86. The molecule has 0 radical (unpaired) electrons. The Labute approximate surface area is 84.4 Å². The molecule has 0 saturated carbocycles. The maximum Gasteiger partial charge on any atom is 0.153 e. The lowest BCUT2D eigenvalue weighted by Crippen LogP contribution is -2.73. The average molecular weight is 200 g/mol. The molecule has 0 aromatic rings. The Morgan fingerprint density at radius 1 is 1.14 bits per heavy atom. The number of hydrogen-bond acceptors (Lipinski definition) is 6. The van der Waals surface area contributed by atoms with Crippen molar-refractivity contribution < 1.29 is 0 Å². The highest BCUT2D eigenvalue weighted by molar-refractivity contribution is 4.99. The molecule has 6 nitrogen and oxygen atoms in total. The minimum absolute atomic E-state index is 0.226. The van der Waals surface area contributed by atoms with Crippen molar-refractivity contribution in [2.24, 2.45) is 5.73 Å². The molecule has 14 heavy (non-hydrogen) atoms. The standard InChI is InChI=1S/C8H20N6/c9-1-2-12-8(13-5-6-14-8)7-10-3-4-11-7/h7,10-14H,1-6,9H2. The number of nitrogens with one attached hydrogen (secondary N) is 5. The molecule has 0 aromatic heterocycles. The first-order valence-electron chi connectivity index (χ1n) is 5.29. The van der Waals surface area contributed by atoms with Gasteiger partial charge < -0.3 is 5.73 Å². The quantitative estimate of drug-likeness (QED) is 0.288. The Balaban J connectivity index is 1.97. The Kier molecular flexibility index (Phi) is 3.32. The molecule has 2 rings (SSSR count). The van der Waals surface area contributed by atoms with Crippen molar-refractivity contribution in [1.82, 2.24) is 26.6 Å². The molecule has 0 aliphatic carbocycles. The summed E-state index contributed by atoms with van der Waals surface area (Å²) in [6.45, 7) is 5.45. The first-order chi connectivity index (χ1) is 6.87. The van der Waals surface area contributed by atoms with E-state index in [1.165, 1.54) is 0 Å². The number of hydrogen-bond donors (Lipinski definition) is 6. The highest BCUT2D eigenvalue weighted by atomic mass is 15.5. The van der Waals surface area contributed by atoms with Crippen LogP contribution in [0.3, 0.4) is 0 Å². The van der Waals surface area contributed by atoms with Crippen LogP contribution in [0.2, 0.25) is 0 Å². The van der Waals surface area contributed by atoms with Gasteiger partial charge in [0.15, 0.2) is 5.79 Å². The van der Waals surface area contributed by atoms with Gasteiger partial charge in [0.25, 0.3) is 0 Å². The van der Waals surface area contributed by atoms with Crippen LogP contribution in [-0.2, 0) is 0 Å². The largest absolute Gasteiger partial charge is 0.329 e. The zero-order valence-electron chi connectivity index (χ0n) is 8.40. The van der Waals surface area contributed by atoms with Crippen molar-refractivity contribution in [1.29, 1.82) is 0 Å². The normalized spacial score (nSPS) is 27.2. The molecule has 0 unspecified atom stereocenters. The molecule has 2 heterocycles. The predicted molar refractivity (Wildman–Crippen MR) is 55.6 cm³/mol. The highest BCUT2D eigenvalue weighted by Crippen LogP contribution is 2.07. The number of rotatable bonds is 4. The summed E-state index contributed by atoms with van der Waals surface area (Å²) in [5, 5.41) is 17.1. The molecule has 2 aliphatic rings. The lowest BCUT2D eigenvalue weighted by Gasteiger charge is -2.36. The van der Waals surface area contributed by atoms with E-state index in [1.807, 2.05) is 0 Å². The molecule has 0 aromatic carbocycles. The Hall–Kier alpha value is -0.240. The SMILES string of the molecule is NCCNC1(C2NCCN2)NCCN1. The minimum atomic E-state index is -0.226. The summed E-state index contributed by atoms with van der Waals surface area (Å²) >= 11 is 0. The fourth-order valence-electron chi connectivity index (χ4n) is 2.09. The second-order valence-corrected chi connectivity index (χ2v) is 3.72.